The van der Waals surface area contributed by atoms with Crippen molar-refractivity contribution < 1.29 is 18.9 Å². The monoisotopic (exact) mass is 339 g/mol. The average molecular weight is 339 g/mol. The van der Waals surface area contributed by atoms with Crippen molar-refractivity contribution in [3.8, 4) is 29.1 Å². The first kappa shape index (κ1) is 17.0. The number of methoxy groups -OCH3 is 1. The second-order valence-electron chi connectivity index (χ2n) is 5.90. The fourth-order valence-corrected chi connectivity index (χ4v) is 2.90. The maximum Gasteiger partial charge on any atom is 0.162 e. The van der Waals surface area contributed by atoms with Gasteiger partial charge in [-0.3, -0.25) is 0 Å². The van der Waals surface area contributed by atoms with E-state index in [2.05, 4.69) is 13.0 Å². The molecule has 0 aromatic heterocycles. The number of hydrogen-bond acceptors (Lipinski definition) is 5. The molecule has 5 nitrogen and oxygen atoms in total. The van der Waals surface area contributed by atoms with Crippen molar-refractivity contribution >= 4 is 0 Å². The van der Waals surface area contributed by atoms with Crippen molar-refractivity contribution in [3.63, 3.8) is 0 Å². The number of fused-ring (bicyclic) bond motifs is 1. The molecule has 0 unspecified atom stereocenters. The second kappa shape index (κ2) is 7.35. The predicted molar refractivity (Wildman–Crippen MR) is 93.4 cm³/mol. The van der Waals surface area contributed by atoms with Crippen LogP contribution in [0.15, 0.2) is 30.3 Å². The summed E-state index contributed by atoms with van der Waals surface area (Å²) in [4.78, 5) is 0. The van der Waals surface area contributed by atoms with Crippen molar-refractivity contribution in [1.29, 1.82) is 5.26 Å². The van der Waals surface area contributed by atoms with Gasteiger partial charge in [0.15, 0.2) is 11.5 Å². The largest absolute Gasteiger partial charge is 0.493 e. The zero-order valence-corrected chi connectivity index (χ0v) is 14.7. The number of rotatable bonds is 6. The fourth-order valence-electron chi connectivity index (χ4n) is 2.90. The Kier molecular flexibility index (Phi) is 4.99. The predicted octanol–water partition coefficient (Wildman–Crippen LogP) is 3.87. The number of hydrogen-bond donors (Lipinski definition) is 0. The molecule has 130 valence electrons. The number of benzene rings is 2. The molecule has 1 heterocycles. The topological polar surface area (TPSA) is 60.7 Å². The van der Waals surface area contributed by atoms with Gasteiger partial charge in [-0.2, -0.15) is 5.26 Å². The van der Waals surface area contributed by atoms with E-state index in [1.165, 1.54) is 0 Å². The van der Waals surface area contributed by atoms with E-state index in [1.54, 1.807) is 25.3 Å². The zero-order chi connectivity index (χ0) is 17.8. The molecule has 1 atom stereocenters. The standard InChI is InChI=1S/C20H21NO4/c1-4-23-18-9-15-7-13(2)25-19(15)10-16(18)12-24-17-6-5-14(11-21)8-20(17)22-3/h5-6,8-10,13H,4,7,12H2,1-3H3/t13-/m1/s1. The summed E-state index contributed by atoms with van der Waals surface area (Å²) >= 11 is 0. The van der Waals surface area contributed by atoms with Gasteiger partial charge in [0.1, 0.15) is 24.2 Å². The van der Waals surface area contributed by atoms with Gasteiger partial charge in [0, 0.05) is 23.6 Å². The minimum absolute atomic E-state index is 0.180. The smallest absolute Gasteiger partial charge is 0.162 e. The van der Waals surface area contributed by atoms with Gasteiger partial charge in [-0.15, -0.1) is 0 Å². The maximum atomic E-state index is 8.99. The third-order valence-corrected chi connectivity index (χ3v) is 4.05. The Morgan fingerprint density at radius 3 is 2.72 bits per heavy atom. The lowest BCUT2D eigenvalue weighted by Crippen LogP contribution is -2.05. The summed E-state index contributed by atoms with van der Waals surface area (Å²) in [6.07, 6.45) is 1.07. The first-order valence-corrected chi connectivity index (χ1v) is 8.30. The number of ether oxygens (including phenoxy) is 4. The molecule has 1 aliphatic rings. The highest BCUT2D eigenvalue weighted by Gasteiger charge is 2.22. The molecular weight excluding hydrogens is 318 g/mol. The van der Waals surface area contributed by atoms with Crippen LogP contribution in [0.5, 0.6) is 23.0 Å². The molecule has 5 heteroatoms. The van der Waals surface area contributed by atoms with Crippen LogP contribution in [0, 0.1) is 11.3 Å². The summed E-state index contributed by atoms with van der Waals surface area (Å²) in [6, 6.07) is 11.2. The maximum absolute atomic E-state index is 8.99. The summed E-state index contributed by atoms with van der Waals surface area (Å²) in [7, 11) is 1.56. The van der Waals surface area contributed by atoms with Gasteiger partial charge in [-0.1, -0.05) is 0 Å². The summed E-state index contributed by atoms with van der Waals surface area (Å²) < 4.78 is 22.8. The average Bonchev–Trinajstić information content (AvgIpc) is 2.98. The number of nitrogens with zero attached hydrogens (tertiary/aromatic N) is 1. The van der Waals surface area contributed by atoms with E-state index in [1.807, 2.05) is 19.1 Å². The minimum Gasteiger partial charge on any atom is -0.493 e. The molecule has 2 aromatic rings. The van der Waals surface area contributed by atoms with E-state index in [0.29, 0.717) is 30.3 Å². The molecule has 2 aromatic carbocycles. The van der Waals surface area contributed by atoms with Crippen molar-refractivity contribution in [2.75, 3.05) is 13.7 Å². The van der Waals surface area contributed by atoms with E-state index in [4.69, 9.17) is 24.2 Å². The molecule has 1 aliphatic heterocycles. The lowest BCUT2D eigenvalue weighted by Gasteiger charge is -2.15. The first-order chi connectivity index (χ1) is 12.1. The highest BCUT2D eigenvalue weighted by molar-refractivity contribution is 5.50. The van der Waals surface area contributed by atoms with Crippen molar-refractivity contribution in [2.45, 2.75) is 33.0 Å². The molecule has 0 amide bonds. The van der Waals surface area contributed by atoms with E-state index in [9.17, 15) is 0 Å². The Balaban J connectivity index is 1.84. The van der Waals surface area contributed by atoms with Crippen LogP contribution in [0.1, 0.15) is 30.5 Å². The van der Waals surface area contributed by atoms with Crippen LogP contribution in [0.4, 0.5) is 0 Å². The van der Waals surface area contributed by atoms with Crippen LogP contribution in [0.3, 0.4) is 0 Å². The first-order valence-electron chi connectivity index (χ1n) is 8.30. The van der Waals surface area contributed by atoms with Gasteiger partial charge in [-0.25, -0.2) is 0 Å². The van der Waals surface area contributed by atoms with Crippen LogP contribution >= 0.6 is 0 Å². The van der Waals surface area contributed by atoms with Gasteiger partial charge in [0.2, 0.25) is 0 Å². The summed E-state index contributed by atoms with van der Waals surface area (Å²) in [5.74, 6) is 2.81. The molecule has 0 radical (unpaired) electrons. The highest BCUT2D eigenvalue weighted by Crippen LogP contribution is 2.36. The van der Waals surface area contributed by atoms with Gasteiger partial charge in [-0.05, 0) is 38.1 Å². The van der Waals surface area contributed by atoms with E-state index < -0.39 is 0 Å². The van der Waals surface area contributed by atoms with Crippen LogP contribution < -0.4 is 18.9 Å². The van der Waals surface area contributed by atoms with Gasteiger partial charge in [0.25, 0.3) is 0 Å². The molecule has 0 N–H and O–H groups in total. The summed E-state index contributed by atoms with van der Waals surface area (Å²) in [6.45, 7) is 4.92. The molecule has 0 spiro atoms. The van der Waals surface area contributed by atoms with Crippen molar-refractivity contribution in [3.05, 3.63) is 47.0 Å². The van der Waals surface area contributed by atoms with E-state index in [0.717, 1.165) is 29.0 Å². The third-order valence-electron chi connectivity index (χ3n) is 4.05. The Morgan fingerprint density at radius 1 is 1.16 bits per heavy atom. The normalized spacial score (nSPS) is 15.0. The van der Waals surface area contributed by atoms with Gasteiger partial charge < -0.3 is 18.9 Å². The zero-order valence-electron chi connectivity index (χ0n) is 14.7. The summed E-state index contributed by atoms with van der Waals surface area (Å²) in [5, 5.41) is 8.99. The second-order valence-corrected chi connectivity index (χ2v) is 5.90. The summed E-state index contributed by atoms with van der Waals surface area (Å²) in [5.41, 5.74) is 2.61. The van der Waals surface area contributed by atoms with E-state index in [-0.39, 0.29) is 6.10 Å². The third kappa shape index (κ3) is 3.63. The Morgan fingerprint density at radius 2 is 2.00 bits per heavy atom. The lowest BCUT2D eigenvalue weighted by atomic mass is 10.1. The Hall–Kier alpha value is -2.87. The van der Waals surface area contributed by atoms with Gasteiger partial charge >= 0.3 is 0 Å². The van der Waals surface area contributed by atoms with Crippen molar-refractivity contribution in [1.82, 2.24) is 0 Å². The molecule has 0 bridgehead atoms. The lowest BCUT2D eigenvalue weighted by molar-refractivity contribution is 0.251. The van der Waals surface area contributed by atoms with Crippen molar-refractivity contribution in [2.24, 2.45) is 0 Å². The fraction of sp³-hybridized carbons (Fsp3) is 0.350. The molecule has 0 saturated heterocycles. The van der Waals surface area contributed by atoms with Crippen LogP contribution in [0.2, 0.25) is 0 Å². The molecule has 0 saturated carbocycles. The minimum atomic E-state index is 0.180. The Bertz CT molecular complexity index is 810. The van der Waals surface area contributed by atoms with Gasteiger partial charge in [0.05, 0.1) is 25.3 Å². The quantitative estimate of drug-likeness (QED) is 0.799. The molecule has 0 fully saturated rings. The molecular formula is C20H21NO4. The van der Waals surface area contributed by atoms with Crippen LogP contribution in [-0.4, -0.2) is 19.8 Å². The highest BCUT2D eigenvalue weighted by atomic mass is 16.5. The molecule has 0 aliphatic carbocycles. The van der Waals surface area contributed by atoms with E-state index >= 15 is 0 Å². The number of nitriles is 1. The Labute approximate surface area is 147 Å². The molecule has 3 rings (SSSR count). The molecule has 25 heavy (non-hydrogen) atoms. The van der Waals surface area contributed by atoms with Crippen LogP contribution in [-0.2, 0) is 13.0 Å². The van der Waals surface area contributed by atoms with Crippen LogP contribution in [0.25, 0.3) is 0 Å². The SMILES string of the molecule is CCOc1cc2c(cc1COc1ccc(C#N)cc1OC)O[C@H](C)C2.